The third-order valence-corrected chi connectivity index (χ3v) is 22.0. The summed E-state index contributed by atoms with van der Waals surface area (Å²) in [7, 11) is 0. The summed E-state index contributed by atoms with van der Waals surface area (Å²) >= 11 is 0. The molecule has 24 N–H and O–H groups in total. The summed E-state index contributed by atoms with van der Waals surface area (Å²) in [5.74, 6) is -18.7. The van der Waals surface area contributed by atoms with Crippen molar-refractivity contribution in [1.29, 1.82) is 10.8 Å². The third-order valence-electron chi connectivity index (χ3n) is 22.0. The van der Waals surface area contributed by atoms with Crippen LogP contribution in [0.2, 0.25) is 0 Å². The van der Waals surface area contributed by atoms with Crippen LogP contribution in [0.3, 0.4) is 0 Å². The molecule has 139 heavy (non-hydrogen) atoms. The minimum Gasteiger partial charge on any atom is -0.497 e. The molecule has 0 saturated carbocycles. The highest BCUT2D eigenvalue weighted by molar-refractivity contribution is 6.01. The van der Waals surface area contributed by atoms with Crippen LogP contribution >= 0.6 is 0 Å². The number of carboxylic acids is 1. The van der Waals surface area contributed by atoms with Crippen molar-refractivity contribution in [2.24, 2.45) is 108 Å². The predicted octanol–water partition coefficient (Wildman–Crippen LogP) is 12.9. The van der Waals surface area contributed by atoms with Gasteiger partial charge in [0.2, 0.25) is 100 Å². The number of carbonyl (C=O) groups excluding carboxylic acids is 2. The van der Waals surface area contributed by atoms with Gasteiger partial charge in [0.15, 0.2) is 17.7 Å². The Labute approximate surface area is 810 Å². The molecule has 11 atom stereocenters. The van der Waals surface area contributed by atoms with E-state index in [9.17, 15) is 127 Å². The average molecular weight is 1960 g/mol. The molecule has 3 rings (SSSR count). The first-order valence-corrected chi connectivity index (χ1v) is 45.7. The van der Waals surface area contributed by atoms with Gasteiger partial charge in [-0.15, -0.1) is 0 Å². The Morgan fingerprint density at radius 3 is 1.22 bits per heavy atom. The first-order chi connectivity index (χ1) is 63.8. The zero-order valence-electron chi connectivity index (χ0n) is 84.3. The maximum absolute atomic E-state index is 14.6. The summed E-state index contributed by atoms with van der Waals surface area (Å²) in [5.41, 5.74) is -13.2. The SMILES string of the molecule is CC(O)=NC(C)(C)C(=O)N1CCC[C@H]1C(O)=NC(C)(C)C(O)=N[C@@H](C)C(O)=NC(C)(C)C(O)=N[C@@H](C)C(O)=N[C@@H](CCC(=N)O)C(O)=NC(C)(C)C(O)=N[C@H](C(O)=NC(C)(C)C(O)=NCC(O)=N[C@@H](CC(C)C)C(O)=NC(C)(C)C(=O)N1CCC[C@H]1C(O)=N[C@H](C(O)=NC(C)(C)C(O)=NC(C)(C)C(O)=N[C@@H](CCC(=O)O)C(O)=N[C@@H](CCC(=N)O)C(O)=N[C@@H](CO)Cc1ccccc1)C(C)C)C(C)C. The van der Waals surface area contributed by atoms with Crippen molar-refractivity contribution in [3.05, 3.63) is 35.9 Å². The molecule has 2 saturated heterocycles. The molecule has 2 aliphatic rings. The largest absolute Gasteiger partial charge is 0.497 e. The van der Waals surface area contributed by atoms with Crippen LogP contribution in [0.1, 0.15) is 249 Å². The zero-order chi connectivity index (χ0) is 107. The smallest absolute Gasteiger partial charge is 0.303 e. The highest BCUT2D eigenvalue weighted by atomic mass is 16.4. The zero-order valence-corrected chi connectivity index (χ0v) is 84.3. The van der Waals surface area contributed by atoms with Crippen molar-refractivity contribution in [2.75, 3.05) is 26.2 Å². The van der Waals surface area contributed by atoms with Gasteiger partial charge >= 0.3 is 5.97 Å². The van der Waals surface area contributed by atoms with E-state index < -0.39 is 285 Å². The topological polar surface area (TPSA) is 773 Å². The van der Waals surface area contributed by atoms with Gasteiger partial charge in [-0.1, -0.05) is 71.9 Å². The van der Waals surface area contributed by atoms with E-state index in [1.807, 2.05) is 0 Å². The first kappa shape index (κ1) is 120. The Kier molecular flexibility index (Phi) is 44.1. The van der Waals surface area contributed by atoms with E-state index >= 15 is 0 Å². The van der Waals surface area contributed by atoms with E-state index in [1.54, 1.807) is 71.9 Å². The molecule has 47 nitrogen and oxygen atoms in total. The van der Waals surface area contributed by atoms with Gasteiger partial charge in [-0.25, -0.2) is 89.9 Å². The molecule has 2 aliphatic heterocycles. The fraction of sp³-hybridized carbons (Fsp3) is 0.685. The molecule has 1 aromatic rings. The van der Waals surface area contributed by atoms with Crippen LogP contribution in [-0.4, -0.2) is 395 Å². The van der Waals surface area contributed by atoms with Gasteiger partial charge in [0.05, 0.1) is 12.6 Å². The van der Waals surface area contributed by atoms with Gasteiger partial charge < -0.3 is 122 Å². The number of aliphatic hydroxyl groups is 21. The quantitative estimate of drug-likeness (QED) is 0.0213. The fourth-order valence-electron chi connectivity index (χ4n) is 13.9. The molecule has 2 amide bonds. The molecule has 0 bridgehead atoms. The number of nitrogens with one attached hydrogen (secondary N) is 2. The Bertz CT molecular complexity index is 5010. The second kappa shape index (κ2) is 51.1. The highest BCUT2D eigenvalue weighted by Gasteiger charge is 2.45. The number of amides is 2. The summed E-state index contributed by atoms with van der Waals surface area (Å²) in [6.45, 7) is 34.9. The number of rotatable bonds is 53. The summed E-state index contributed by atoms with van der Waals surface area (Å²) in [6, 6.07) is -5.45. The van der Waals surface area contributed by atoms with E-state index in [-0.39, 0.29) is 63.4 Å². The molecular weight excluding hydrogens is 1810 g/mol. The lowest BCUT2D eigenvalue weighted by Crippen LogP contribution is -2.50. The van der Waals surface area contributed by atoms with Crippen molar-refractivity contribution >= 4 is 136 Å². The lowest BCUT2D eigenvalue weighted by atomic mass is 10.0. The van der Waals surface area contributed by atoms with Gasteiger partial charge in [0.1, 0.15) is 111 Å². The summed E-state index contributed by atoms with van der Waals surface area (Å²) in [6.07, 6.45) is -0.995. The molecule has 0 spiro atoms. The van der Waals surface area contributed by atoms with Crippen molar-refractivity contribution < 1.29 is 127 Å². The van der Waals surface area contributed by atoms with Crippen molar-refractivity contribution in [3.63, 3.8) is 0 Å². The van der Waals surface area contributed by atoms with E-state index in [0.717, 1.165) is 5.56 Å². The number of hydrogen-bond acceptors (Lipinski definition) is 24. The summed E-state index contributed by atoms with van der Waals surface area (Å²) in [5, 5.41) is 259. The molecule has 0 aliphatic carbocycles. The van der Waals surface area contributed by atoms with E-state index in [1.165, 1.54) is 141 Å². The van der Waals surface area contributed by atoms with E-state index in [0.29, 0.717) is 19.3 Å². The standard InChI is InChI=1S/C92H150N22O25/c1-47(2)43-58(72(127)108-92(24,25)84(139)113-41-29-33-59(113)73(128)103-65(48(3)4)75(130)111-90(20,21)82(137)112-89(18,19)80(135)102-56(37-40-64(120)121)70(125)101-55(35-38-61(93)117)69(124)98-54(46-115)44-53-31-27-26-28-32-53)99-63(119)45-95-77(132)85(10,11)110-76(131)66(49(5)6)104-81(136)88(16,17)107-71(126)57(36-39-62(94)118)100-67(122)50(7)96-78(133)86(12,13)106-68(123)51(8)97-79(134)87(14,15)109-74(129)60-34-30-42-114(60)83(138)91(22,23)105-52(9)116/h26-28,31-32,47-51,54-60,65-66,115H,29-30,33-46H2,1-25H3,(H2,93,117)(H2,94,118)(H,95,132)(H,96,133)(H,97,134)(H,98,124)(H,99,119)(H,100,122)(H,101,125)(H,102,135)(H,103,128)(H,104,136)(H,105,116)(H,106,123)(H,107,126)(H,108,127)(H,109,129)(H,110,131)(H,111,130)(H,112,137)(H,120,121)/t50-,51-,54+,55-,56-,57-,58-,59-,60-,65-,66-/m0/s1. The summed E-state index contributed by atoms with van der Waals surface area (Å²) < 4.78 is 0. The molecule has 0 radical (unpaired) electrons. The van der Waals surface area contributed by atoms with Crippen molar-refractivity contribution in [1.82, 2.24) is 9.80 Å². The van der Waals surface area contributed by atoms with E-state index in [4.69, 9.17) is 10.8 Å². The number of aliphatic carboxylic acids is 1. The summed E-state index contributed by atoms with van der Waals surface area (Å²) in [4.78, 5) is 118. The maximum Gasteiger partial charge on any atom is 0.303 e. The predicted molar refractivity (Wildman–Crippen MR) is 542 cm³/mol. The molecule has 2 fully saturated rings. The van der Waals surface area contributed by atoms with Crippen molar-refractivity contribution in [2.45, 2.75) is 361 Å². The van der Waals surface area contributed by atoms with Gasteiger partial charge in [0.25, 0.3) is 11.8 Å². The Morgan fingerprint density at radius 2 is 0.755 bits per heavy atom. The number of benzene rings is 1. The van der Waals surface area contributed by atoms with Crippen LogP contribution in [0, 0.1) is 28.6 Å². The number of carboxylic acid groups (broad SMARTS) is 1. The van der Waals surface area contributed by atoms with Crippen LogP contribution in [0.4, 0.5) is 0 Å². The first-order valence-electron chi connectivity index (χ1n) is 45.7. The van der Waals surface area contributed by atoms with Crippen LogP contribution in [0.15, 0.2) is 120 Å². The molecule has 0 aromatic heterocycles. The van der Waals surface area contributed by atoms with Crippen LogP contribution in [0.25, 0.3) is 0 Å². The fourth-order valence-corrected chi connectivity index (χ4v) is 13.9. The minimum atomic E-state index is -1.90. The second-order valence-electron chi connectivity index (χ2n) is 39.5. The van der Waals surface area contributed by atoms with Crippen LogP contribution in [-0.2, 0) is 20.8 Å². The minimum absolute atomic E-state index is 0.0428. The molecule has 778 valence electrons. The Hall–Kier alpha value is -13.0. The van der Waals surface area contributed by atoms with Gasteiger partial charge in [0, 0.05) is 39.3 Å². The maximum atomic E-state index is 14.6. The number of carbonyl (C=O) groups is 3. The molecule has 47 heteroatoms. The lowest BCUT2D eigenvalue weighted by Gasteiger charge is -2.31. The molecule has 1 aromatic carbocycles. The lowest BCUT2D eigenvalue weighted by molar-refractivity contribution is -0.137. The monoisotopic (exact) mass is 1960 g/mol. The number of likely N-dealkylation sites (tertiary alicyclic amines) is 2. The number of aliphatic imine (C=N–C) groups is 18. The Morgan fingerprint density at radius 1 is 0.381 bits per heavy atom. The van der Waals surface area contributed by atoms with E-state index in [2.05, 4.69) is 89.9 Å². The third kappa shape index (κ3) is 37.3. The van der Waals surface area contributed by atoms with Crippen molar-refractivity contribution in [3.8, 4) is 0 Å². The average Bonchev–Trinajstić information content (AvgIpc) is 1.63. The Balaban J connectivity index is 1.92. The van der Waals surface area contributed by atoms with Gasteiger partial charge in [-0.2, -0.15) is 0 Å². The van der Waals surface area contributed by atoms with Crippen LogP contribution in [0.5, 0.6) is 0 Å². The second-order valence-corrected chi connectivity index (χ2v) is 39.5. The molecular formula is C92H150N22O25. The number of hydrogen-bond donors (Lipinski definition) is 24. The normalized spacial score (nSPS) is 19.5. The van der Waals surface area contributed by atoms with Gasteiger partial charge in [-0.05, 0) is 206 Å². The van der Waals surface area contributed by atoms with Crippen LogP contribution < -0.4 is 0 Å². The number of nitrogens with zero attached hydrogens (tertiary/aromatic N) is 20. The molecule has 0 unspecified atom stereocenters. The highest BCUT2D eigenvalue weighted by Crippen LogP contribution is 2.31. The van der Waals surface area contributed by atoms with Gasteiger partial charge in [-0.3, -0.25) is 25.2 Å². The molecule has 2 heterocycles. The number of aliphatic hydroxyl groups excluding tert-OH is 21.